The van der Waals surface area contributed by atoms with Gasteiger partial charge in [0.1, 0.15) is 11.8 Å². The number of carbonyl (C=O) groups is 3. The second-order valence-corrected chi connectivity index (χ2v) is 14.4. The van der Waals surface area contributed by atoms with E-state index in [9.17, 15) is 27.9 Å². The second-order valence-electron chi connectivity index (χ2n) is 11.4. The summed E-state index contributed by atoms with van der Waals surface area (Å²) >= 11 is 1.34. The van der Waals surface area contributed by atoms with Crippen LogP contribution < -0.4 is 10.0 Å². The number of ether oxygens (including phenoxy) is 3. The summed E-state index contributed by atoms with van der Waals surface area (Å²) in [5.41, 5.74) is 0.0463. The number of hydrogen-bond acceptors (Lipinski definition) is 12. The predicted molar refractivity (Wildman–Crippen MR) is 160 cm³/mol. The van der Waals surface area contributed by atoms with Crippen molar-refractivity contribution in [1.82, 2.24) is 14.9 Å². The number of nitrogens with zero attached hydrogens (tertiary/aromatic N) is 2. The van der Waals surface area contributed by atoms with Crippen LogP contribution in [0, 0.1) is 11.8 Å². The summed E-state index contributed by atoms with van der Waals surface area (Å²) in [5, 5.41) is 13.1. The highest BCUT2D eigenvalue weighted by molar-refractivity contribution is 8.03. The summed E-state index contributed by atoms with van der Waals surface area (Å²) in [6.07, 6.45) is 1.25. The average molecular weight is 651 g/mol. The molecule has 2 fully saturated rings. The van der Waals surface area contributed by atoms with Crippen molar-refractivity contribution in [1.29, 1.82) is 0 Å². The minimum atomic E-state index is -3.82. The van der Waals surface area contributed by atoms with Gasteiger partial charge in [-0.05, 0) is 44.7 Å². The summed E-state index contributed by atoms with van der Waals surface area (Å²) < 4.78 is 43.8. The van der Waals surface area contributed by atoms with E-state index >= 15 is 0 Å². The van der Waals surface area contributed by atoms with E-state index < -0.39 is 46.5 Å². The van der Waals surface area contributed by atoms with Crippen LogP contribution in [0.5, 0.6) is 0 Å². The maximum Gasteiger partial charge on any atom is 0.511 e. The summed E-state index contributed by atoms with van der Waals surface area (Å²) in [6.45, 7) is 5.37. The lowest BCUT2D eigenvalue weighted by atomic mass is 9.79. The Labute approximate surface area is 260 Å². The van der Waals surface area contributed by atoms with Crippen molar-refractivity contribution < 1.29 is 42.1 Å². The Kier molecular flexibility index (Phi) is 9.75. The molecule has 3 N–H and O–H groups in total. The number of aliphatic hydroxyl groups excluding tert-OH is 1. The van der Waals surface area contributed by atoms with Gasteiger partial charge in [-0.25, -0.2) is 22.7 Å². The molecule has 15 heteroatoms. The van der Waals surface area contributed by atoms with Gasteiger partial charge in [-0.2, -0.15) is 0 Å². The van der Waals surface area contributed by atoms with Gasteiger partial charge in [0.15, 0.2) is 0 Å². The van der Waals surface area contributed by atoms with Crippen LogP contribution in [0.3, 0.4) is 0 Å². The summed E-state index contributed by atoms with van der Waals surface area (Å²) in [5.74, 6) is -2.08. The number of aliphatic hydroxyl groups is 1. The highest BCUT2D eigenvalue weighted by Crippen LogP contribution is 2.51. The zero-order valence-corrected chi connectivity index (χ0v) is 26.4. The quantitative estimate of drug-likeness (QED) is 0.204. The molecule has 2 unspecified atom stereocenters. The maximum atomic E-state index is 13.5. The zero-order valence-electron chi connectivity index (χ0n) is 24.8. The molecule has 1 aliphatic carbocycles. The molecule has 13 nitrogen and oxygen atoms in total. The Bertz CT molecular complexity index is 1430. The lowest BCUT2D eigenvalue weighted by Crippen LogP contribution is -2.63. The van der Waals surface area contributed by atoms with Crippen molar-refractivity contribution in [3.05, 3.63) is 40.9 Å². The van der Waals surface area contributed by atoms with Crippen molar-refractivity contribution in [3.63, 3.8) is 0 Å². The number of esters is 1. The highest BCUT2D eigenvalue weighted by atomic mass is 32.2. The normalized spacial score (nSPS) is 26.9. The van der Waals surface area contributed by atoms with E-state index in [1.165, 1.54) is 35.7 Å². The van der Waals surface area contributed by atoms with Gasteiger partial charge in [-0.3, -0.25) is 9.79 Å². The predicted octanol–water partition coefficient (Wildman–Crippen LogP) is 2.47. The van der Waals surface area contributed by atoms with Crippen LogP contribution in [-0.2, 0) is 33.8 Å². The third kappa shape index (κ3) is 6.84. The molecule has 1 aromatic carbocycles. The molecule has 240 valence electrons. The fourth-order valence-electron chi connectivity index (χ4n) is 6.02. The summed E-state index contributed by atoms with van der Waals surface area (Å²) in [4.78, 5) is 45.3. The monoisotopic (exact) mass is 650 g/mol. The van der Waals surface area contributed by atoms with Gasteiger partial charge < -0.3 is 29.5 Å². The van der Waals surface area contributed by atoms with E-state index in [-0.39, 0.29) is 46.3 Å². The van der Waals surface area contributed by atoms with Crippen LogP contribution in [-0.4, -0.2) is 85.3 Å². The van der Waals surface area contributed by atoms with Crippen molar-refractivity contribution in [2.75, 3.05) is 13.1 Å². The number of carbonyl (C=O) groups excluding carboxylic acids is 3. The van der Waals surface area contributed by atoms with Crippen molar-refractivity contribution in [2.45, 2.75) is 87.6 Å². The molecule has 3 heterocycles. The Morgan fingerprint density at radius 1 is 1.14 bits per heavy atom. The Balaban J connectivity index is 1.27. The Hall–Kier alpha value is -3.30. The van der Waals surface area contributed by atoms with Crippen LogP contribution in [0.15, 0.2) is 50.8 Å². The number of thioether (sulfide) groups is 1. The van der Waals surface area contributed by atoms with Gasteiger partial charge in [0.2, 0.25) is 18.2 Å². The number of rotatable bonds is 9. The third-order valence-electron chi connectivity index (χ3n) is 8.18. The van der Waals surface area contributed by atoms with E-state index in [0.29, 0.717) is 11.4 Å². The van der Waals surface area contributed by atoms with Gasteiger partial charge in [0, 0.05) is 29.5 Å². The van der Waals surface area contributed by atoms with Gasteiger partial charge in [0.25, 0.3) is 10.0 Å². The number of amides is 1. The molecule has 6 atom stereocenters. The molecule has 1 aromatic rings. The first kappa shape index (κ1) is 32.1. The second kappa shape index (κ2) is 13.4. The first-order valence-corrected chi connectivity index (χ1v) is 17.2. The third-order valence-corrected chi connectivity index (χ3v) is 11.0. The summed E-state index contributed by atoms with van der Waals surface area (Å²) in [6, 6.07) is 7.50. The number of fused-ring (bicyclic) bond motifs is 1. The number of sulfonamides is 1. The number of aliphatic imine (C=N–C) groups is 1. The fourth-order valence-corrected chi connectivity index (χ4v) is 8.37. The standard InChI is InChI=1S/C29H38N4O9S2/c1-16-23-22(17(2)34)26(35)33(23)24(27(36)40-18(3)41-29(37)42-19-10-6-4-7-11-19)25(16)43-20-14-30-28(31-15-20)32-44(38,39)21-12-8-5-9-13-21/h5,8-9,12-13,16-20,22-23,34H,4,6-7,10-11,14-15H2,1-3H3,(H2,30,31,32)/t16-,17-,18?,22-,23-/m1/s1. The van der Waals surface area contributed by atoms with Crippen molar-refractivity contribution >= 4 is 45.8 Å². The molecule has 1 saturated heterocycles. The molecule has 1 saturated carbocycles. The lowest BCUT2D eigenvalue weighted by Gasteiger charge is -2.46. The largest absolute Gasteiger partial charge is 0.511 e. The van der Waals surface area contributed by atoms with E-state index in [0.717, 1.165) is 32.1 Å². The fraction of sp³-hybridized carbons (Fsp3) is 0.586. The van der Waals surface area contributed by atoms with Crippen LogP contribution >= 0.6 is 11.8 Å². The minimum Gasteiger partial charge on any atom is -0.431 e. The molecular weight excluding hydrogens is 612 g/mol. The average Bonchev–Trinajstić information content (AvgIpc) is 3.22. The van der Waals surface area contributed by atoms with Gasteiger partial charge in [-0.15, -0.1) is 11.8 Å². The highest BCUT2D eigenvalue weighted by Gasteiger charge is 2.60. The van der Waals surface area contributed by atoms with Gasteiger partial charge in [-0.1, -0.05) is 31.5 Å². The molecule has 0 bridgehead atoms. The van der Waals surface area contributed by atoms with Crippen LogP contribution in [0.1, 0.15) is 52.9 Å². The molecule has 0 spiro atoms. The van der Waals surface area contributed by atoms with Crippen LogP contribution in [0.2, 0.25) is 0 Å². The van der Waals surface area contributed by atoms with Crippen LogP contribution in [0.4, 0.5) is 4.79 Å². The SMILES string of the molecule is CC(OC(=O)OC1CCCCC1)OC(=O)C1=C(SC2CN=C(NS(=O)(=O)c3ccccc3)NC2)[C@H](C)[C@@H]2[C@@H]([C@@H](C)O)C(=O)N12. The number of β-lactam (4-membered cyclic amide) rings is 1. The molecule has 4 aliphatic rings. The smallest absolute Gasteiger partial charge is 0.431 e. The number of hydrogen-bond donors (Lipinski definition) is 3. The molecule has 5 rings (SSSR count). The maximum absolute atomic E-state index is 13.5. The number of nitrogens with one attached hydrogen (secondary N) is 2. The lowest BCUT2D eigenvalue weighted by molar-refractivity contribution is -0.174. The molecule has 44 heavy (non-hydrogen) atoms. The van der Waals surface area contributed by atoms with E-state index in [2.05, 4.69) is 15.0 Å². The minimum absolute atomic E-state index is 0.0463. The van der Waals surface area contributed by atoms with Gasteiger partial charge >= 0.3 is 12.1 Å². The van der Waals surface area contributed by atoms with E-state index in [4.69, 9.17) is 14.2 Å². The van der Waals surface area contributed by atoms with E-state index in [1.807, 2.05) is 6.92 Å². The van der Waals surface area contributed by atoms with Crippen molar-refractivity contribution in [3.8, 4) is 0 Å². The molecule has 0 aromatic heterocycles. The molecule has 3 aliphatic heterocycles. The Morgan fingerprint density at radius 2 is 1.84 bits per heavy atom. The first-order valence-electron chi connectivity index (χ1n) is 14.8. The molecular formula is C29H38N4O9S2. The topological polar surface area (TPSA) is 173 Å². The number of guanidine groups is 1. The van der Waals surface area contributed by atoms with Gasteiger partial charge in [0.05, 0.1) is 29.5 Å². The Morgan fingerprint density at radius 3 is 2.48 bits per heavy atom. The zero-order chi connectivity index (χ0) is 31.6. The van der Waals surface area contributed by atoms with E-state index in [1.54, 1.807) is 25.1 Å². The summed E-state index contributed by atoms with van der Waals surface area (Å²) in [7, 11) is -3.82. The first-order chi connectivity index (χ1) is 21.0. The van der Waals surface area contributed by atoms with Crippen LogP contribution in [0.25, 0.3) is 0 Å². The van der Waals surface area contributed by atoms with Crippen molar-refractivity contribution in [2.24, 2.45) is 16.8 Å². The molecule has 0 radical (unpaired) electrons. The number of benzene rings is 1. The molecule has 1 amide bonds.